The SMILES string of the molecule is O=C(NC[C@]1(O)CC[C@H](COc2ccc(F)cc2)CC1)c1ccc(O)cc1. The predicted molar refractivity (Wildman–Crippen MR) is 99.2 cm³/mol. The summed E-state index contributed by atoms with van der Waals surface area (Å²) < 4.78 is 18.6. The Bertz CT molecular complexity index is 753. The van der Waals surface area contributed by atoms with Crippen LogP contribution >= 0.6 is 0 Å². The normalized spacial score (nSPS) is 22.2. The van der Waals surface area contributed by atoms with E-state index in [1.54, 1.807) is 24.3 Å². The van der Waals surface area contributed by atoms with Crippen molar-refractivity contribution < 1.29 is 24.1 Å². The molecule has 27 heavy (non-hydrogen) atoms. The number of phenols is 1. The van der Waals surface area contributed by atoms with Crippen LogP contribution < -0.4 is 10.1 Å². The summed E-state index contributed by atoms with van der Waals surface area (Å²) in [5.41, 5.74) is -0.475. The minimum Gasteiger partial charge on any atom is -0.508 e. The minimum absolute atomic E-state index is 0.103. The van der Waals surface area contributed by atoms with Crippen LogP contribution in [0.5, 0.6) is 11.5 Å². The first-order chi connectivity index (χ1) is 12.9. The molecule has 0 saturated heterocycles. The fourth-order valence-corrected chi connectivity index (χ4v) is 3.26. The number of aliphatic hydroxyl groups is 1. The molecule has 3 rings (SSSR count). The van der Waals surface area contributed by atoms with Crippen LogP contribution in [0.2, 0.25) is 0 Å². The Balaban J connectivity index is 1.42. The van der Waals surface area contributed by atoms with Crippen molar-refractivity contribution in [1.29, 1.82) is 0 Å². The van der Waals surface area contributed by atoms with Gasteiger partial charge in [-0.05, 0) is 80.1 Å². The molecule has 0 unspecified atom stereocenters. The number of benzene rings is 2. The summed E-state index contributed by atoms with van der Waals surface area (Å²) in [5.74, 6) is 0.498. The second-order valence-corrected chi connectivity index (χ2v) is 7.16. The Morgan fingerprint density at radius 3 is 2.37 bits per heavy atom. The Hall–Kier alpha value is -2.60. The summed E-state index contributed by atoms with van der Waals surface area (Å²) in [6.45, 7) is 0.722. The Labute approximate surface area is 157 Å². The Morgan fingerprint density at radius 1 is 1.11 bits per heavy atom. The van der Waals surface area contributed by atoms with Gasteiger partial charge in [0, 0.05) is 12.1 Å². The summed E-state index contributed by atoms with van der Waals surface area (Å²) in [7, 11) is 0. The van der Waals surface area contributed by atoms with Crippen molar-refractivity contribution in [3.05, 3.63) is 59.9 Å². The number of amides is 1. The Kier molecular flexibility index (Phi) is 5.96. The molecule has 3 N–H and O–H groups in total. The highest BCUT2D eigenvalue weighted by atomic mass is 19.1. The van der Waals surface area contributed by atoms with E-state index in [0.717, 1.165) is 12.8 Å². The van der Waals surface area contributed by atoms with Gasteiger partial charge in [0.25, 0.3) is 5.91 Å². The van der Waals surface area contributed by atoms with Gasteiger partial charge in [-0.3, -0.25) is 4.79 Å². The van der Waals surface area contributed by atoms with Crippen molar-refractivity contribution in [2.24, 2.45) is 5.92 Å². The standard InChI is InChI=1S/C21H24FNO4/c22-17-3-7-19(8-4-17)27-13-15-9-11-21(26,12-10-15)14-23-20(25)16-1-5-18(24)6-2-16/h1-8,15,24,26H,9-14H2,(H,23,25)/t15-,21-. The van der Waals surface area contributed by atoms with E-state index in [-0.39, 0.29) is 24.0 Å². The highest BCUT2D eigenvalue weighted by Gasteiger charge is 2.33. The van der Waals surface area contributed by atoms with E-state index in [2.05, 4.69) is 5.32 Å². The molecule has 0 spiro atoms. The molecule has 1 fully saturated rings. The lowest BCUT2D eigenvalue weighted by molar-refractivity contribution is -0.0129. The van der Waals surface area contributed by atoms with Gasteiger partial charge < -0.3 is 20.3 Å². The number of carbonyl (C=O) groups is 1. The average molecular weight is 373 g/mol. The van der Waals surface area contributed by atoms with E-state index < -0.39 is 5.60 Å². The molecule has 2 aromatic rings. The summed E-state index contributed by atoms with van der Waals surface area (Å²) in [4.78, 5) is 12.1. The highest BCUT2D eigenvalue weighted by molar-refractivity contribution is 5.94. The van der Waals surface area contributed by atoms with Crippen LogP contribution in [-0.2, 0) is 0 Å². The van der Waals surface area contributed by atoms with E-state index in [1.165, 1.54) is 24.3 Å². The average Bonchev–Trinajstić information content (AvgIpc) is 2.68. The molecule has 0 heterocycles. The van der Waals surface area contributed by atoms with Gasteiger partial charge in [0.1, 0.15) is 17.3 Å². The maximum absolute atomic E-state index is 12.9. The van der Waals surface area contributed by atoms with E-state index in [4.69, 9.17) is 4.74 Å². The molecule has 0 aromatic heterocycles. The summed E-state index contributed by atoms with van der Waals surface area (Å²) in [5, 5.41) is 22.7. The monoisotopic (exact) mass is 373 g/mol. The zero-order valence-corrected chi connectivity index (χ0v) is 15.0. The number of hydrogen-bond donors (Lipinski definition) is 3. The number of rotatable bonds is 6. The van der Waals surface area contributed by atoms with Gasteiger partial charge in [0.05, 0.1) is 12.2 Å². The van der Waals surface area contributed by atoms with Crippen LogP contribution in [0.15, 0.2) is 48.5 Å². The van der Waals surface area contributed by atoms with Gasteiger partial charge >= 0.3 is 0 Å². The van der Waals surface area contributed by atoms with E-state index in [1.807, 2.05) is 0 Å². The molecule has 0 bridgehead atoms. The molecule has 144 valence electrons. The van der Waals surface area contributed by atoms with Crippen LogP contribution in [0.25, 0.3) is 0 Å². The number of carbonyl (C=O) groups excluding carboxylic acids is 1. The lowest BCUT2D eigenvalue weighted by Gasteiger charge is -2.36. The van der Waals surface area contributed by atoms with Crippen LogP contribution in [0.1, 0.15) is 36.0 Å². The van der Waals surface area contributed by atoms with Crippen LogP contribution in [-0.4, -0.2) is 34.9 Å². The molecular formula is C21H24FNO4. The van der Waals surface area contributed by atoms with Crippen molar-refractivity contribution >= 4 is 5.91 Å². The minimum atomic E-state index is -0.918. The molecule has 0 radical (unpaired) electrons. The molecule has 0 aliphatic heterocycles. The molecule has 0 atom stereocenters. The van der Waals surface area contributed by atoms with Crippen molar-refractivity contribution in [3.8, 4) is 11.5 Å². The lowest BCUT2D eigenvalue weighted by Crippen LogP contribution is -2.45. The number of phenolic OH excluding ortho intramolecular Hbond substituents is 1. The van der Waals surface area contributed by atoms with Crippen molar-refractivity contribution in [2.45, 2.75) is 31.3 Å². The zero-order valence-electron chi connectivity index (χ0n) is 15.0. The number of halogens is 1. The topological polar surface area (TPSA) is 78.8 Å². The molecule has 5 nitrogen and oxygen atoms in total. The first kappa shape index (κ1) is 19.2. The number of ether oxygens (including phenoxy) is 1. The number of aromatic hydroxyl groups is 1. The number of hydrogen-bond acceptors (Lipinski definition) is 4. The third-order valence-electron chi connectivity index (χ3n) is 5.04. The van der Waals surface area contributed by atoms with Crippen molar-refractivity contribution in [3.63, 3.8) is 0 Å². The smallest absolute Gasteiger partial charge is 0.251 e. The third-order valence-corrected chi connectivity index (χ3v) is 5.04. The molecule has 1 aliphatic carbocycles. The van der Waals surface area contributed by atoms with Crippen LogP contribution in [0.4, 0.5) is 4.39 Å². The predicted octanol–water partition coefficient (Wildman–Crippen LogP) is 3.26. The molecule has 1 saturated carbocycles. The third kappa shape index (κ3) is 5.44. The van der Waals surface area contributed by atoms with Gasteiger partial charge in [-0.2, -0.15) is 0 Å². The lowest BCUT2D eigenvalue weighted by atomic mass is 9.79. The van der Waals surface area contributed by atoms with E-state index >= 15 is 0 Å². The van der Waals surface area contributed by atoms with E-state index in [9.17, 15) is 19.4 Å². The van der Waals surface area contributed by atoms with Gasteiger partial charge in [-0.1, -0.05) is 0 Å². The summed E-state index contributed by atoms with van der Waals surface area (Å²) >= 11 is 0. The van der Waals surface area contributed by atoms with E-state index in [0.29, 0.717) is 36.7 Å². The van der Waals surface area contributed by atoms with Crippen molar-refractivity contribution in [2.75, 3.05) is 13.2 Å². The summed E-state index contributed by atoms with van der Waals surface area (Å²) in [6, 6.07) is 11.9. The first-order valence-corrected chi connectivity index (χ1v) is 9.11. The highest BCUT2D eigenvalue weighted by Crippen LogP contribution is 2.32. The van der Waals surface area contributed by atoms with Gasteiger partial charge in [-0.25, -0.2) is 4.39 Å². The van der Waals surface area contributed by atoms with Crippen molar-refractivity contribution in [1.82, 2.24) is 5.32 Å². The molecule has 2 aromatic carbocycles. The second-order valence-electron chi connectivity index (χ2n) is 7.16. The second kappa shape index (κ2) is 8.39. The molecular weight excluding hydrogens is 349 g/mol. The van der Waals surface area contributed by atoms with Gasteiger partial charge in [-0.15, -0.1) is 0 Å². The van der Waals surface area contributed by atoms with Crippen LogP contribution in [0.3, 0.4) is 0 Å². The Morgan fingerprint density at radius 2 is 1.74 bits per heavy atom. The van der Waals surface area contributed by atoms with Gasteiger partial charge in [0.15, 0.2) is 0 Å². The molecule has 1 aliphatic rings. The summed E-state index contributed by atoms with van der Waals surface area (Å²) in [6.07, 6.45) is 2.76. The van der Waals surface area contributed by atoms with Crippen LogP contribution in [0, 0.1) is 11.7 Å². The maximum atomic E-state index is 12.9. The fourth-order valence-electron chi connectivity index (χ4n) is 3.26. The molecule has 6 heteroatoms. The number of nitrogens with one attached hydrogen (secondary N) is 1. The van der Waals surface area contributed by atoms with Gasteiger partial charge in [0.2, 0.25) is 0 Å². The first-order valence-electron chi connectivity index (χ1n) is 9.11. The quantitative estimate of drug-likeness (QED) is 0.726. The fraction of sp³-hybridized carbons (Fsp3) is 0.381. The molecule has 1 amide bonds. The maximum Gasteiger partial charge on any atom is 0.251 e. The zero-order chi connectivity index (χ0) is 19.3. The largest absolute Gasteiger partial charge is 0.508 e.